The summed E-state index contributed by atoms with van der Waals surface area (Å²) in [4.78, 5) is 31.0. The molecule has 0 bridgehead atoms. The van der Waals surface area contributed by atoms with Crippen molar-refractivity contribution in [1.29, 1.82) is 0 Å². The summed E-state index contributed by atoms with van der Waals surface area (Å²) in [5, 5.41) is 16.6. The molecule has 4 rings (SSSR count). The number of ether oxygens (including phenoxy) is 1. The van der Waals surface area contributed by atoms with Crippen molar-refractivity contribution in [3.63, 3.8) is 0 Å². The standard InChI is InChI=1S/C29H36ClN7O3/c1-8-29(5,6)14-23(38)36-16-19-12-18(4)25(24(26(19)35-36)28(39)33-17(2)3)32-15-20-13-22(40-7)34-37(20)27-21(30)10-9-11-31-27/h9-13,16-17,32H,8,14-15H2,1-7H3,(H,33,39). The van der Waals surface area contributed by atoms with E-state index in [4.69, 9.17) is 16.3 Å². The molecule has 0 aliphatic heterocycles. The zero-order valence-electron chi connectivity index (χ0n) is 24.0. The number of rotatable bonds is 10. The highest BCUT2D eigenvalue weighted by atomic mass is 35.5. The van der Waals surface area contributed by atoms with Crippen LogP contribution in [0.1, 0.15) is 73.9 Å². The molecule has 40 heavy (non-hydrogen) atoms. The van der Waals surface area contributed by atoms with Gasteiger partial charge in [0.2, 0.25) is 11.8 Å². The fraction of sp³-hybridized carbons (Fsp3) is 0.414. The number of aromatic nitrogens is 5. The Hall–Kier alpha value is -3.92. The summed E-state index contributed by atoms with van der Waals surface area (Å²) in [5.41, 5.74) is 2.82. The maximum Gasteiger partial charge on any atom is 0.255 e. The van der Waals surface area contributed by atoms with Gasteiger partial charge in [-0.05, 0) is 49.9 Å². The second-order valence-electron chi connectivity index (χ2n) is 10.9. The molecule has 2 N–H and O–H groups in total. The lowest BCUT2D eigenvalue weighted by Gasteiger charge is -2.20. The van der Waals surface area contributed by atoms with Gasteiger partial charge in [-0.1, -0.05) is 38.8 Å². The number of pyridine rings is 1. The van der Waals surface area contributed by atoms with Crippen LogP contribution in [0.4, 0.5) is 5.69 Å². The van der Waals surface area contributed by atoms with E-state index in [1.54, 1.807) is 35.3 Å². The van der Waals surface area contributed by atoms with Crippen LogP contribution in [0.15, 0.2) is 36.7 Å². The molecule has 0 aliphatic carbocycles. The van der Waals surface area contributed by atoms with Gasteiger partial charge in [0, 0.05) is 36.3 Å². The van der Waals surface area contributed by atoms with Crippen molar-refractivity contribution in [2.24, 2.45) is 5.41 Å². The summed E-state index contributed by atoms with van der Waals surface area (Å²) in [6.45, 7) is 12.2. The number of hydrogen-bond acceptors (Lipinski definition) is 7. The summed E-state index contributed by atoms with van der Waals surface area (Å²) in [6, 6.07) is 7.10. The molecule has 0 fully saturated rings. The zero-order chi connectivity index (χ0) is 29.2. The number of anilines is 1. The molecule has 11 heteroatoms. The molecule has 0 unspecified atom stereocenters. The number of carbonyl (C=O) groups is 2. The minimum absolute atomic E-state index is 0.0954. The van der Waals surface area contributed by atoms with E-state index in [1.807, 2.05) is 26.8 Å². The van der Waals surface area contributed by atoms with Crippen molar-refractivity contribution in [2.45, 2.75) is 67.0 Å². The molecule has 1 aromatic carbocycles. The SMILES string of the molecule is CCC(C)(C)CC(=O)n1cc2cc(C)c(NCc3cc(OC)nn3-c3ncccc3Cl)c(C(=O)NC(C)C)c2n1. The van der Waals surface area contributed by atoms with E-state index in [9.17, 15) is 9.59 Å². The summed E-state index contributed by atoms with van der Waals surface area (Å²) in [5.74, 6) is 0.461. The van der Waals surface area contributed by atoms with Crippen molar-refractivity contribution >= 4 is 40.0 Å². The molecular weight excluding hydrogens is 530 g/mol. The lowest BCUT2D eigenvalue weighted by atomic mass is 9.86. The molecule has 10 nitrogen and oxygen atoms in total. The van der Waals surface area contributed by atoms with E-state index in [0.29, 0.717) is 45.3 Å². The van der Waals surface area contributed by atoms with Gasteiger partial charge in [-0.3, -0.25) is 9.59 Å². The van der Waals surface area contributed by atoms with Crippen molar-refractivity contribution < 1.29 is 14.3 Å². The lowest BCUT2D eigenvalue weighted by Crippen LogP contribution is -2.31. The Morgan fingerprint density at radius 3 is 2.60 bits per heavy atom. The van der Waals surface area contributed by atoms with Crippen molar-refractivity contribution in [3.8, 4) is 11.7 Å². The van der Waals surface area contributed by atoms with Gasteiger partial charge < -0.3 is 15.4 Å². The van der Waals surface area contributed by atoms with Crippen LogP contribution in [-0.4, -0.2) is 49.5 Å². The number of benzene rings is 1. The summed E-state index contributed by atoms with van der Waals surface area (Å²) >= 11 is 6.41. The second kappa shape index (κ2) is 11.7. The maximum atomic E-state index is 13.5. The Bertz CT molecular complexity index is 1550. The summed E-state index contributed by atoms with van der Waals surface area (Å²) in [6.07, 6.45) is 4.55. The first-order valence-corrected chi connectivity index (χ1v) is 13.7. The van der Waals surface area contributed by atoms with Gasteiger partial charge in [-0.15, -0.1) is 5.10 Å². The van der Waals surface area contributed by atoms with Gasteiger partial charge in [-0.2, -0.15) is 5.10 Å². The van der Waals surface area contributed by atoms with E-state index < -0.39 is 0 Å². The first-order chi connectivity index (χ1) is 18.9. The smallest absolute Gasteiger partial charge is 0.255 e. The maximum absolute atomic E-state index is 13.5. The Labute approximate surface area is 239 Å². The molecule has 0 saturated carbocycles. The highest BCUT2D eigenvalue weighted by Crippen LogP contribution is 2.32. The van der Waals surface area contributed by atoms with Gasteiger partial charge in [0.25, 0.3) is 5.91 Å². The van der Waals surface area contributed by atoms with E-state index in [0.717, 1.165) is 17.7 Å². The molecule has 3 heterocycles. The third-order valence-corrected chi connectivity index (χ3v) is 7.14. The topological polar surface area (TPSA) is 116 Å². The number of halogens is 1. The van der Waals surface area contributed by atoms with Gasteiger partial charge in [-0.25, -0.2) is 14.3 Å². The molecule has 0 spiro atoms. The Morgan fingerprint density at radius 2 is 1.95 bits per heavy atom. The van der Waals surface area contributed by atoms with Crippen LogP contribution in [-0.2, 0) is 6.54 Å². The minimum atomic E-state index is -0.281. The predicted molar refractivity (Wildman–Crippen MR) is 157 cm³/mol. The van der Waals surface area contributed by atoms with E-state index >= 15 is 0 Å². The van der Waals surface area contributed by atoms with Crippen LogP contribution in [0.5, 0.6) is 5.88 Å². The van der Waals surface area contributed by atoms with Crippen molar-refractivity contribution in [3.05, 3.63) is 58.5 Å². The number of amides is 1. The molecule has 0 saturated heterocycles. The van der Waals surface area contributed by atoms with Gasteiger partial charge in [0.05, 0.1) is 35.6 Å². The number of aryl methyl sites for hydroxylation is 1. The monoisotopic (exact) mass is 565 g/mol. The number of nitrogens with one attached hydrogen (secondary N) is 2. The average molecular weight is 566 g/mol. The number of fused-ring (bicyclic) bond motifs is 1. The Kier molecular flexibility index (Phi) is 8.48. The van der Waals surface area contributed by atoms with Crippen molar-refractivity contribution in [2.75, 3.05) is 12.4 Å². The number of nitrogens with zero attached hydrogens (tertiary/aromatic N) is 5. The summed E-state index contributed by atoms with van der Waals surface area (Å²) < 4.78 is 8.34. The molecule has 0 atom stereocenters. The second-order valence-corrected chi connectivity index (χ2v) is 11.3. The number of carbonyl (C=O) groups excluding carboxylic acids is 2. The van der Waals surface area contributed by atoms with Gasteiger partial charge >= 0.3 is 0 Å². The number of methoxy groups -OCH3 is 1. The molecule has 4 aromatic rings. The zero-order valence-corrected chi connectivity index (χ0v) is 24.8. The molecule has 0 radical (unpaired) electrons. The molecule has 0 aliphatic rings. The minimum Gasteiger partial charge on any atom is -0.480 e. The van der Waals surface area contributed by atoms with Crippen LogP contribution in [0.3, 0.4) is 0 Å². The predicted octanol–water partition coefficient (Wildman–Crippen LogP) is 5.80. The van der Waals surface area contributed by atoms with E-state index in [2.05, 4.69) is 46.6 Å². The van der Waals surface area contributed by atoms with E-state index in [-0.39, 0.29) is 29.8 Å². The largest absolute Gasteiger partial charge is 0.480 e. The molecular formula is C29H36ClN7O3. The first-order valence-electron chi connectivity index (χ1n) is 13.3. The Balaban J connectivity index is 1.77. The third kappa shape index (κ3) is 6.12. The van der Waals surface area contributed by atoms with Crippen LogP contribution >= 0.6 is 11.6 Å². The molecule has 3 aromatic heterocycles. The fourth-order valence-electron chi connectivity index (χ4n) is 4.35. The normalized spacial score (nSPS) is 11.7. The molecule has 1 amide bonds. The van der Waals surface area contributed by atoms with Gasteiger partial charge in [0.1, 0.15) is 5.52 Å². The van der Waals surface area contributed by atoms with Crippen LogP contribution in [0.25, 0.3) is 16.7 Å². The summed E-state index contributed by atoms with van der Waals surface area (Å²) in [7, 11) is 1.54. The van der Waals surface area contributed by atoms with Crippen LogP contribution < -0.4 is 15.4 Å². The number of hydrogen-bond donors (Lipinski definition) is 2. The van der Waals surface area contributed by atoms with Crippen molar-refractivity contribution in [1.82, 2.24) is 29.9 Å². The highest BCUT2D eigenvalue weighted by molar-refractivity contribution is 6.32. The fourth-order valence-corrected chi connectivity index (χ4v) is 4.55. The Morgan fingerprint density at radius 1 is 1.20 bits per heavy atom. The third-order valence-electron chi connectivity index (χ3n) is 6.84. The average Bonchev–Trinajstić information content (AvgIpc) is 3.50. The van der Waals surface area contributed by atoms with Crippen LogP contribution in [0.2, 0.25) is 5.02 Å². The molecule has 212 valence electrons. The lowest BCUT2D eigenvalue weighted by molar-refractivity contribution is 0.0828. The quantitative estimate of drug-likeness (QED) is 0.249. The van der Waals surface area contributed by atoms with Crippen LogP contribution in [0, 0.1) is 12.3 Å². The van der Waals surface area contributed by atoms with Gasteiger partial charge in [0.15, 0.2) is 5.82 Å². The highest BCUT2D eigenvalue weighted by Gasteiger charge is 2.25. The first kappa shape index (κ1) is 29.1. The van der Waals surface area contributed by atoms with E-state index in [1.165, 1.54) is 11.8 Å².